The number of nitrogens with zero attached hydrogens (tertiary/aromatic N) is 1. The maximum atomic E-state index is 8.36. The molecule has 0 fully saturated rings. The fraction of sp³-hybridized carbons (Fsp3) is 0.417. The van der Waals surface area contributed by atoms with Gasteiger partial charge in [0, 0.05) is 11.4 Å². The Balaban J connectivity index is 2.52. The van der Waals surface area contributed by atoms with Crippen molar-refractivity contribution < 1.29 is 4.74 Å². The van der Waals surface area contributed by atoms with Crippen LogP contribution in [0.15, 0.2) is 18.2 Å². The third-order valence-electron chi connectivity index (χ3n) is 2.10. The van der Waals surface area contributed by atoms with E-state index in [-0.39, 0.29) is 0 Å². The number of unbranched alkanes of at least 4 members (excludes halogenated alkanes) is 1. The van der Waals surface area contributed by atoms with Crippen molar-refractivity contribution in [2.45, 2.75) is 26.2 Å². The van der Waals surface area contributed by atoms with Crippen LogP contribution in [0.2, 0.25) is 5.02 Å². The number of hydrogen-bond donors (Lipinski definition) is 0. The third kappa shape index (κ3) is 3.81. The Morgan fingerprint density at radius 1 is 1.47 bits per heavy atom. The van der Waals surface area contributed by atoms with Crippen molar-refractivity contribution in [3.8, 4) is 11.8 Å². The van der Waals surface area contributed by atoms with E-state index in [1.165, 1.54) is 0 Å². The van der Waals surface area contributed by atoms with Gasteiger partial charge in [0.15, 0.2) is 0 Å². The van der Waals surface area contributed by atoms with Crippen LogP contribution in [0.25, 0.3) is 0 Å². The molecule has 0 radical (unpaired) electrons. The van der Waals surface area contributed by atoms with Crippen molar-refractivity contribution in [2.75, 3.05) is 6.61 Å². The summed E-state index contributed by atoms with van der Waals surface area (Å²) in [7, 11) is 0. The smallest absolute Gasteiger partial charge is 0.119 e. The Morgan fingerprint density at radius 2 is 2.27 bits per heavy atom. The van der Waals surface area contributed by atoms with Crippen LogP contribution >= 0.6 is 11.6 Å². The molecule has 0 aromatic heterocycles. The summed E-state index contributed by atoms with van der Waals surface area (Å²) in [4.78, 5) is 0. The minimum absolute atomic E-state index is 0.536. The molecule has 0 amide bonds. The Kier molecular flexibility index (Phi) is 5.00. The van der Waals surface area contributed by atoms with E-state index in [1.807, 2.05) is 18.2 Å². The second-order valence-electron chi connectivity index (χ2n) is 3.22. The topological polar surface area (TPSA) is 33.0 Å². The highest BCUT2D eigenvalue weighted by Crippen LogP contribution is 2.22. The van der Waals surface area contributed by atoms with Gasteiger partial charge in [-0.05, 0) is 36.6 Å². The molecule has 3 heteroatoms. The first-order valence-corrected chi connectivity index (χ1v) is 5.44. The highest BCUT2D eigenvalue weighted by atomic mass is 35.5. The number of benzene rings is 1. The molecule has 0 heterocycles. The van der Waals surface area contributed by atoms with Crippen molar-refractivity contribution in [2.24, 2.45) is 0 Å². The van der Waals surface area contributed by atoms with Gasteiger partial charge in [0.1, 0.15) is 5.75 Å². The fourth-order valence-corrected chi connectivity index (χ4v) is 1.50. The largest absolute Gasteiger partial charge is 0.494 e. The van der Waals surface area contributed by atoms with Crippen molar-refractivity contribution >= 4 is 11.6 Å². The number of nitriles is 1. The molecule has 0 unspecified atom stereocenters. The van der Waals surface area contributed by atoms with Crippen LogP contribution in [0.5, 0.6) is 5.75 Å². The number of hydrogen-bond acceptors (Lipinski definition) is 2. The Hall–Kier alpha value is -1.20. The van der Waals surface area contributed by atoms with Gasteiger partial charge in [-0.15, -0.1) is 0 Å². The van der Waals surface area contributed by atoms with Crippen LogP contribution in [-0.4, -0.2) is 6.61 Å². The van der Waals surface area contributed by atoms with Gasteiger partial charge in [0.05, 0.1) is 12.7 Å². The van der Waals surface area contributed by atoms with E-state index in [4.69, 9.17) is 21.6 Å². The van der Waals surface area contributed by atoms with E-state index in [1.54, 1.807) is 0 Å². The van der Waals surface area contributed by atoms with Gasteiger partial charge in [-0.25, -0.2) is 0 Å². The second-order valence-corrected chi connectivity index (χ2v) is 3.62. The molecule has 0 spiro atoms. The van der Waals surface area contributed by atoms with E-state index in [2.05, 4.69) is 13.0 Å². The zero-order chi connectivity index (χ0) is 11.1. The highest BCUT2D eigenvalue weighted by Gasteiger charge is 2.00. The van der Waals surface area contributed by atoms with E-state index in [0.29, 0.717) is 13.0 Å². The van der Waals surface area contributed by atoms with Gasteiger partial charge >= 0.3 is 0 Å². The van der Waals surface area contributed by atoms with Crippen molar-refractivity contribution in [1.82, 2.24) is 0 Å². The summed E-state index contributed by atoms with van der Waals surface area (Å²) in [5, 5.41) is 9.14. The van der Waals surface area contributed by atoms with E-state index < -0.39 is 0 Å². The van der Waals surface area contributed by atoms with Gasteiger partial charge in [0.2, 0.25) is 0 Å². The van der Waals surface area contributed by atoms with Crippen LogP contribution < -0.4 is 4.74 Å². The molecule has 0 atom stereocenters. The summed E-state index contributed by atoms with van der Waals surface area (Å²) in [6.45, 7) is 2.64. The summed E-state index contributed by atoms with van der Waals surface area (Å²) in [5.74, 6) is 0.828. The maximum absolute atomic E-state index is 8.36. The SMILES string of the molecule is CCc1cc(OCCCC#N)ccc1Cl. The zero-order valence-electron chi connectivity index (χ0n) is 8.79. The van der Waals surface area contributed by atoms with Crippen molar-refractivity contribution in [1.29, 1.82) is 5.26 Å². The van der Waals surface area contributed by atoms with Gasteiger partial charge < -0.3 is 4.74 Å². The predicted octanol–water partition coefficient (Wildman–Crippen LogP) is 3.58. The molecule has 0 aliphatic rings. The molecular weight excluding hydrogens is 210 g/mol. The molecule has 0 N–H and O–H groups in total. The molecule has 0 aliphatic carbocycles. The molecule has 0 bridgehead atoms. The van der Waals surface area contributed by atoms with Crippen LogP contribution in [0.1, 0.15) is 25.3 Å². The lowest BCUT2D eigenvalue weighted by atomic mass is 10.1. The summed E-state index contributed by atoms with van der Waals surface area (Å²) in [5.41, 5.74) is 1.09. The highest BCUT2D eigenvalue weighted by molar-refractivity contribution is 6.31. The average molecular weight is 224 g/mol. The summed E-state index contributed by atoms with van der Waals surface area (Å²) in [6.07, 6.45) is 2.20. The van der Waals surface area contributed by atoms with E-state index in [0.717, 1.165) is 29.2 Å². The van der Waals surface area contributed by atoms with E-state index in [9.17, 15) is 0 Å². The number of halogens is 1. The molecule has 1 rings (SSSR count). The van der Waals surface area contributed by atoms with Crippen molar-refractivity contribution in [3.05, 3.63) is 28.8 Å². The molecule has 80 valence electrons. The normalized spacial score (nSPS) is 9.67. The van der Waals surface area contributed by atoms with Crippen LogP contribution in [0.3, 0.4) is 0 Å². The third-order valence-corrected chi connectivity index (χ3v) is 2.47. The van der Waals surface area contributed by atoms with Gasteiger partial charge in [-0.2, -0.15) is 5.26 Å². The molecule has 2 nitrogen and oxygen atoms in total. The Morgan fingerprint density at radius 3 is 2.93 bits per heavy atom. The number of aryl methyl sites for hydroxylation is 1. The lowest BCUT2D eigenvalue weighted by Gasteiger charge is -2.07. The summed E-state index contributed by atoms with van der Waals surface area (Å²) in [6, 6.07) is 7.74. The summed E-state index contributed by atoms with van der Waals surface area (Å²) < 4.78 is 5.50. The Bertz CT molecular complexity index is 357. The van der Waals surface area contributed by atoms with Gasteiger partial charge in [-0.1, -0.05) is 18.5 Å². The molecule has 0 aliphatic heterocycles. The van der Waals surface area contributed by atoms with E-state index >= 15 is 0 Å². The molecule has 0 saturated heterocycles. The first kappa shape index (κ1) is 11.9. The first-order valence-electron chi connectivity index (χ1n) is 5.06. The molecular formula is C12H14ClNO. The maximum Gasteiger partial charge on any atom is 0.119 e. The Labute approximate surface area is 95.4 Å². The number of rotatable bonds is 5. The van der Waals surface area contributed by atoms with Crippen molar-refractivity contribution in [3.63, 3.8) is 0 Å². The zero-order valence-corrected chi connectivity index (χ0v) is 9.55. The average Bonchev–Trinajstić information content (AvgIpc) is 2.26. The lowest BCUT2D eigenvalue weighted by molar-refractivity contribution is 0.312. The molecule has 0 saturated carbocycles. The minimum Gasteiger partial charge on any atom is -0.494 e. The molecule has 1 aromatic carbocycles. The number of ether oxygens (including phenoxy) is 1. The standard InChI is InChI=1S/C12H14ClNO/c1-2-10-9-11(5-6-12(10)13)15-8-4-3-7-14/h5-6,9H,2-4,8H2,1H3. The lowest BCUT2D eigenvalue weighted by Crippen LogP contribution is -1.97. The van der Waals surface area contributed by atoms with Crippen LogP contribution in [0.4, 0.5) is 0 Å². The molecule has 1 aromatic rings. The predicted molar refractivity (Wildman–Crippen MR) is 61.2 cm³/mol. The fourth-order valence-electron chi connectivity index (χ4n) is 1.25. The monoisotopic (exact) mass is 223 g/mol. The first-order chi connectivity index (χ1) is 7.27. The minimum atomic E-state index is 0.536. The second kappa shape index (κ2) is 6.31. The van der Waals surface area contributed by atoms with Gasteiger partial charge in [-0.3, -0.25) is 0 Å². The van der Waals surface area contributed by atoms with Crippen LogP contribution in [-0.2, 0) is 6.42 Å². The summed E-state index contributed by atoms with van der Waals surface area (Å²) >= 11 is 5.98. The molecule has 15 heavy (non-hydrogen) atoms. The van der Waals surface area contributed by atoms with Gasteiger partial charge in [0.25, 0.3) is 0 Å². The quantitative estimate of drug-likeness (QED) is 0.715. The van der Waals surface area contributed by atoms with Crippen LogP contribution in [0, 0.1) is 11.3 Å².